The van der Waals surface area contributed by atoms with Gasteiger partial charge in [-0.15, -0.1) is 22.7 Å². The Bertz CT molecular complexity index is 635. The predicted octanol–water partition coefficient (Wildman–Crippen LogP) is 4.58. The fourth-order valence-corrected chi connectivity index (χ4v) is 3.55. The zero-order valence-corrected chi connectivity index (χ0v) is 14.1. The van der Waals surface area contributed by atoms with Gasteiger partial charge in [-0.1, -0.05) is 13.3 Å². The normalized spacial score (nSPS) is 10.3. The number of carbonyl (C=O) groups is 2. The standard InChI is InChI=1S/C15H18N2O3S2/c1-3-4-6-10-9-11(13(22-10)14(18)20-2)16-15(19)17-12-7-5-8-21-12/h5,7-9H,3-4,6H2,1-2H3,(H2,16,17,19). The van der Waals surface area contributed by atoms with Gasteiger partial charge in [0.25, 0.3) is 0 Å². The van der Waals surface area contributed by atoms with Gasteiger partial charge in [-0.25, -0.2) is 9.59 Å². The quantitative estimate of drug-likeness (QED) is 0.757. The van der Waals surface area contributed by atoms with Gasteiger partial charge in [-0.2, -0.15) is 0 Å². The van der Waals surface area contributed by atoms with E-state index < -0.39 is 5.97 Å². The number of nitrogens with one attached hydrogen (secondary N) is 2. The number of thiophene rings is 2. The van der Waals surface area contributed by atoms with E-state index >= 15 is 0 Å². The van der Waals surface area contributed by atoms with Crippen molar-refractivity contribution >= 4 is 45.4 Å². The van der Waals surface area contributed by atoms with Gasteiger partial charge in [0, 0.05) is 4.88 Å². The van der Waals surface area contributed by atoms with Crippen molar-refractivity contribution in [2.75, 3.05) is 17.7 Å². The van der Waals surface area contributed by atoms with Gasteiger partial charge in [0.2, 0.25) is 0 Å². The Hall–Kier alpha value is -1.86. The lowest BCUT2D eigenvalue weighted by Gasteiger charge is -2.05. The number of ether oxygens (including phenoxy) is 1. The molecule has 0 spiro atoms. The highest BCUT2D eigenvalue weighted by molar-refractivity contribution is 7.14. The molecule has 2 heterocycles. The van der Waals surface area contributed by atoms with E-state index in [0.29, 0.717) is 10.6 Å². The molecule has 7 heteroatoms. The van der Waals surface area contributed by atoms with Crippen LogP contribution in [0, 0.1) is 0 Å². The van der Waals surface area contributed by atoms with Crippen molar-refractivity contribution in [3.63, 3.8) is 0 Å². The number of carbonyl (C=O) groups excluding carboxylic acids is 2. The average Bonchev–Trinajstić information content (AvgIpc) is 3.14. The molecule has 0 radical (unpaired) electrons. The zero-order valence-electron chi connectivity index (χ0n) is 12.5. The summed E-state index contributed by atoms with van der Waals surface area (Å²) in [5.41, 5.74) is 0.497. The molecule has 0 saturated heterocycles. The number of amides is 2. The van der Waals surface area contributed by atoms with Gasteiger partial charge in [-0.05, 0) is 36.4 Å². The number of unbranched alkanes of at least 4 members (excludes halogenated alkanes) is 1. The summed E-state index contributed by atoms with van der Waals surface area (Å²) in [4.78, 5) is 25.3. The van der Waals surface area contributed by atoms with Crippen LogP contribution in [0.1, 0.15) is 34.3 Å². The Morgan fingerprint density at radius 1 is 1.32 bits per heavy atom. The number of methoxy groups -OCH3 is 1. The summed E-state index contributed by atoms with van der Waals surface area (Å²) in [5.74, 6) is -0.431. The molecule has 0 aromatic carbocycles. The van der Waals surface area contributed by atoms with Crippen LogP contribution >= 0.6 is 22.7 Å². The molecular weight excluding hydrogens is 320 g/mol. The van der Waals surface area contributed by atoms with Crippen molar-refractivity contribution in [1.29, 1.82) is 0 Å². The third-order valence-corrected chi connectivity index (χ3v) is 4.90. The van der Waals surface area contributed by atoms with E-state index in [0.717, 1.165) is 29.1 Å². The molecule has 0 saturated carbocycles. The molecule has 0 unspecified atom stereocenters. The van der Waals surface area contributed by atoms with Crippen molar-refractivity contribution in [2.24, 2.45) is 0 Å². The average molecular weight is 338 g/mol. The third kappa shape index (κ3) is 4.32. The molecule has 5 nitrogen and oxygen atoms in total. The lowest BCUT2D eigenvalue weighted by molar-refractivity contribution is 0.0607. The Labute approximate surface area is 137 Å². The minimum absolute atomic E-state index is 0.368. The molecule has 22 heavy (non-hydrogen) atoms. The van der Waals surface area contributed by atoms with Crippen molar-refractivity contribution in [3.8, 4) is 0 Å². The lowest BCUT2D eigenvalue weighted by atomic mass is 10.2. The Kier molecular flexibility index (Phi) is 5.97. The van der Waals surface area contributed by atoms with Crippen LogP contribution in [0.4, 0.5) is 15.5 Å². The summed E-state index contributed by atoms with van der Waals surface area (Å²) in [7, 11) is 1.34. The largest absolute Gasteiger partial charge is 0.465 e. The highest BCUT2D eigenvalue weighted by atomic mass is 32.1. The Balaban J connectivity index is 2.11. The van der Waals surface area contributed by atoms with Crippen LogP contribution in [0.25, 0.3) is 0 Å². The summed E-state index contributed by atoms with van der Waals surface area (Å²) < 4.78 is 4.78. The minimum atomic E-state index is -0.431. The number of rotatable bonds is 6. The summed E-state index contributed by atoms with van der Waals surface area (Å²) >= 11 is 2.80. The first-order valence-corrected chi connectivity index (χ1v) is 8.66. The summed E-state index contributed by atoms with van der Waals surface area (Å²) in [6.07, 6.45) is 3.01. The molecule has 2 amide bonds. The van der Waals surface area contributed by atoms with Crippen LogP contribution in [0.5, 0.6) is 0 Å². The maximum atomic E-state index is 12.0. The molecule has 118 valence electrons. The van der Waals surface area contributed by atoms with Crippen LogP contribution in [0.15, 0.2) is 23.6 Å². The molecule has 0 aliphatic rings. The van der Waals surface area contributed by atoms with Crippen LogP contribution in [-0.4, -0.2) is 19.1 Å². The van der Waals surface area contributed by atoms with E-state index in [1.807, 2.05) is 23.6 Å². The highest BCUT2D eigenvalue weighted by Crippen LogP contribution is 2.29. The maximum Gasteiger partial charge on any atom is 0.350 e. The highest BCUT2D eigenvalue weighted by Gasteiger charge is 2.18. The molecule has 2 aromatic heterocycles. The van der Waals surface area contributed by atoms with E-state index in [-0.39, 0.29) is 6.03 Å². The number of hydrogen-bond acceptors (Lipinski definition) is 5. The number of anilines is 2. The number of aryl methyl sites for hydroxylation is 1. The van der Waals surface area contributed by atoms with E-state index in [4.69, 9.17) is 4.74 Å². The SMILES string of the molecule is CCCCc1cc(NC(=O)Nc2cccs2)c(C(=O)OC)s1. The molecule has 2 N–H and O–H groups in total. The topological polar surface area (TPSA) is 67.4 Å². The molecule has 0 fully saturated rings. The van der Waals surface area contributed by atoms with Crippen LogP contribution in [0.2, 0.25) is 0 Å². The molecule has 0 bridgehead atoms. The van der Waals surface area contributed by atoms with E-state index in [9.17, 15) is 9.59 Å². The molecule has 0 aliphatic carbocycles. The summed E-state index contributed by atoms with van der Waals surface area (Å²) in [5, 5.41) is 8.08. The van der Waals surface area contributed by atoms with Gasteiger partial charge in [0.1, 0.15) is 4.88 Å². The lowest BCUT2D eigenvalue weighted by Crippen LogP contribution is -2.19. The van der Waals surface area contributed by atoms with Gasteiger partial charge < -0.3 is 10.1 Å². The van der Waals surface area contributed by atoms with Crippen LogP contribution in [-0.2, 0) is 11.2 Å². The second-order valence-corrected chi connectivity index (χ2v) is 6.69. The van der Waals surface area contributed by atoms with Gasteiger partial charge in [-0.3, -0.25) is 5.32 Å². The minimum Gasteiger partial charge on any atom is -0.465 e. The Morgan fingerprint density at radius 2 is 2.14 bits per heavy atom. The second-order valence-electron chi connectivity index (χ2n) is 4.61. The fraction of sp³-hybridized carbons (Fsp3) is 0.333. The van der Waals surface area contributed by atoms with Crippen LogP contribution in [0.3, 0.4) is 0 Å². The van der Waals surface area contributed by atoms with Crippen molar-refractivity contribution in [1.82, 2.24) is 0 Å². The first kappa shape index (κ1) is 16.5. The zero-order chi connectivity index (χ0) is 15.9. The van der Waals surface area contributed by atoms with Crippen LogP contribution < -0.4 is 10.6 Å². The first-order valence-electron chi connectivity index (χ1n) is 6.96. The summed E-state index contributed by atoms with van der Waals surface area (Å²) in [6.45, 7) is 2.11. The fourth-order valence-electron chi connectivity index (χ4n) is 1.87. The van der Waals surface area contributed by atoms with E-state index in [2.05, 4.69) is 17.6 Å². The van der Waals surface area contributed by atoms with E-state index in [1.54, 1.807) is 0 Å². The van der Waals surface area contributed by atoms with Gasteiger partial charge in [0.05, 0.1) is 17.8 Å². The first-order chi connectivity index (χ1) is 10.6. The van der Waals surface area contributed by atoms with Gasteiger partial charge >= 0.3 is 12.0 Å². The van der Waals surface area contributed by atoms with Crippen molar-refractivity contribution in [3.05, 3.63) is 33.3 Å². The van der Waals surface area contributed by atoms with Crippen molar-refractivity contribution < 1.29 is 14.3 Å². The van der Waals surface area contributed by atoms with E-state index in [1.165, 1.54) is 29.8 Å². The molecule has 0 atom stereocenters. The number of hydrogen-bond donors (Lipinski definition) is 2. The monoisotopic (exact) mass is 338 g/mol. The second kappa shape index (κ2) is 7.95. The predicted molar refractivity (Wildman–Crippen MR) is 91.2 cm³/mol. The molecular formula is C15H18N2O3S2. The maximum absolute atomic E-state index is 12.0. The molecule has 0 aliphatic heterocycles. The third-order valence-electron chi connectivity index (χ3n) is 2.94. The number of urea groups is 1. The molecule has 2 aromatic rings. The Morgan fingerprint density at radius 3 is 2.77 bits per heavy atom. The smallest absolute Gasteiger partial charge is 0.350 e. The summed E-state index contributed by atoms with van der Waals surface area (Å²) in [6, 6.07) is 5.15. The molecule has 2 rings (SSSR count). The number of esters is 1. The van der Waals surface area contributed by atoms with Gasteiger partial charge in [0.15, 0.2) is 0 Å². The van der Waals surface area contributed by atoms with Crippen molar-refractivity contribution in [2.45, 2.75) is 26.2 Å².